The molecule has 0 aromatic heterocycles. The molecule has 0 saturated carbocycles. The maximum atomic E-state index is 13.5. The van der Waals surface area contributed by atoms with Gasteiger partial charge in [-0.2, -0.15) is 0 Å². The van der Waals surface area contributed by atoms with Crippen LogP contribution in [0.15, 0.2) is 6.07 Å². The van der Waals surface area contributed by atoms with Crippen LogP contribution in [0.4, 0.5) is 0 Å². The number of carbonyl (C=O) groups excluding carboxylic acids is 4. The third-order valence-electron chi connectivity index (χ3n) is 7.59. The number of rotatable bonds is 13. The van der Waals surface area contributed by atoms with E-state index in [1.165, 1.54) is 18.1 Å². The number of carbonyl (C=O) groups is 4. The Bertz CT molecular complexity index is 924. The number of fused-ring (bicyclic) bond motifs is 1. The highest BCUT2D eigenvalue weighted by atomic mass is 16.1. The van der Waals surface area contributed by atoms with E-state index in [-0.39, 0.29) is 47.3 Å². The second kappa shape index (κ2) is 12.6. The van der Waals surface area contributed by atoms with Crippen molar-refractivity contribution in [2.45, 2.75) is 112 Å². The van der Waals surface area contributed by atoms with Gasteiger partial charge in [0.25, 0.3) is 0 Å². The van der Waals surface area contributed by atoms with Crippen LogP contribution in [0.3, 0.4) is 0 Å². The molecule has 1 aliphatic rings. The lowest BCUT2D eigenvalue weighted by molar-refractivity contribution is -0.130. The van der Waals surface area contributed by atoms with Gasteiger partial charge in [-0.15, -0.1) is 0 Å². The smallest absolute Gasteiger partial charge is 0.163 e. The molecule has 0 fully saturated rings. The Balaban J connectivity index is 2.37. The molecule has 0 radical (unpaired) electrons. The minimum absolute atomic E-state index is 0.0187. The maximum absolute atomic E-state index is 13.5. The summed E-state index contributed by atoms with van der Waals surface area (Å²) in [6.07, 6.45) is 6.10. The number of aryl methyl sites for hydroxylation is 1. The zero-order valence-electron chi connectivity index (χ0n) is 22.4. The first kappa shape index (κ1) is 28.1. The van der Waals surface area contributed by atoms with Crippen molar-refractivity contribution in [3.05, 3.63) is 33.9 Å². The third kappa shape index (κ3) is 6.96. The van der Waals surface area contributed by atoms with Crippen molar-refractivity contribution in [3.63, 3.8) is 0 Å². The average molecular weight is 469 g/mol. The van der Waals surface area contributed by atoms with E-state index in [4.69, 9.17) is 0 Å². The summed E-state index contributed by atoms with van der Waals surface area (Å²) in [6, 6.07) is 2.23. The molecule has 0 spiro atoms. The summed E-state index contributed by atoms with van der Waals surface area (Å²) in [5.41, 5.74) is 5.45. The van der Waals surface area contributed by atoms with Crippen LogP contribution in [0, 0.1) is 24.7 Å². The maximum Gasteiger partial charge on any atom is 0.163 e. The second-order valence-corrected chi connectivity index (χ2v) is 10.8. The highest BCUT2D eigenvalue weighted by Gasteiger charge is 2.34. The van der Waals surface area contributed by atoms with Crippen LogP contribution in [0.25, 0.3) is 0 Å². The third-order valence-corrected chi connectivity index (χ3v) is 7.59. The molecule has 1 aliphatic carbocycles. The zero-order valence-corrected chi connectivity index (χ0v) is 22.4. The van der Waals surface area contributed by atoms with Gasteiger partial charge in [-0.1, -0.05) is 46.6 Å². The van der Waals surface area contributed by atoms with Gasteiger partial charge in [0, 0.05) is 24.3 Å². The molecular weight excluding hydrogens is 424 g/mol. The monoisotopic (exact) mass is 468 g/mol. The number of ketones is 4. The van der Waals surface area contributed by atoms with Gasteiger partial charge < -0.3 is 4.79 Å². The van der Waals surface area contributed by atoms with E-state index >= 15 is 0 Å². The average Bonchev–Trinajstić information content (AvgIpc) is 2.72. The predicted octanol–water partition coefficient (Wildman–Crippen LogP) is 6.77. The van der Waals surface area contributed by atoms with Crippen LogP contribution in [0.1, 0.15) is 125 Å². The van der Waals surface area contributed by atoms with Crippen LogP contribution >= 0.6 is 0 Å². The van der Waals surface area contributed by atoms with Crippen LogP contribution in [0.5, 0.6) is 0 Å². The molecule has 3 atom stereocenters. The molecule has 0 N–H and O–H groups in total. The number of benzene rings is 1. The topological polar surface area (TPSA) is 68.3 Å². The van der Waals surface area contributed by atoms with E-state index in [0.717, 1.165) is 48.8 Å². The Morgan fingerprint density at radius 1 is 1.06 bits per heavy atom. The Morgan fingerprint density at radius 2 is 1.74 bits per heavy atom. The van der Waals surface area contributed by atoms with Crippen molar-refractivity contribution in [3.8, 4) is 0 Å². The first-order valence-corrected chi connectivity index (χ1v) is 13.2. The van der Waals surface area contributed by atoms with Crippen LogP contribution in [-0.2, 0) is 27.2 Å². The van der Waals surface area contributed by atoms with Crippen molar-refractivity contribution in [2.75, 3.05) is 0 Å². The van der Waals surface area contributed by atoms with Gasteiger partial charge in [-0.25, -0.2) is 0 Å². The Labute approximate surface area is 206 Å². The molecular formula is C30H44O4. The summed E-state index contributed by atoms with van der Waals surface area (Å²) in [5, 5.41) is 0. The molecule has 0 heterocycles. The van der Waals surface area contributed by atoms with Crippen molar-refractivity contribution >= 4 is 23.1 Å². The van der Waals surface area contributed by atoms with Gasteiger partial charge in [0.05, 0.1) is 6.42 Å². The van der Waals surface area contributed by atoms with E-state index < -0.39 is 0 Å². The van der Waals surface area contributed by atoms with E-state index in [2.05, 4.69) is 26.8 Å². The summed E-state index contributed by atoms with van der Waals surface area (Å²) in [4.78, 5) is 49.5. The SMILES string of the molecule is CCCC(CC1CC(=O)c2c(C)c(CCC(C)=O)cc(C(C)C)c2C1)C(CC)C(=O)CC(C)=O. The summed E-state index contributed by atoms with van der Waals surface area (Å²) in [7, 11) is 0. The second-order valence-electron chi connectivity index (χ2n) is 10.8. The molecule has 188 valence electrons. The lowest BCUT2D eigenvalue weighted by Gasteiger charge is -2.33. The van der Waals surface area contributed by atoms with Gasteiger partial charge >= 0.3 is 0 Å². The number of Topliss-reactive ketones (excluding diaryl/α,β-unsaturated/α-hetero) is 4. The summed E-state index contributed by atoms with van der Waals surface area (Å²) < 4.78 is 0. The first-order valence-electron chi connectivity index (χ1n) is 13.2. The minimum Gasteiger partial charge on any atom is -0.300 e. The van der Waals surface area contributed by atoms with Gasteiger partial charge in [0.15, 0.2) is 5.78 Å². The molecule has 2 rings (SSSR count). The highest BCUT2D eigenvalue weighted by molar-refractivity contribution is 6.01. The van der Waals surface area contributed by atoms with E-state index in [9.17, 15) is 19.2 Å². The zero-order chi connectivity index (χ0) is 25.6. The minimum atomic E-state index is -0.111. The molecule has 4 nitrogen and oxygen atoms in total. The van der Waals surface area contributed by atoms with Crippen LogP contribution < -0.4 is 0 Å². The van der Waals surface area contributed by atoms with E-state index in [1.807, 2.05) is 13.8 Å². The number of hydrogen-bond acceptors (Lipinski definition) is 4. The molecule has 1 aromatic carbocycles. The normalized spacial score (nSPS) is 17.4. The van der Waals surface area contributed by atoms with Crippen LogP contribution in [-0.4, -0.2) is 23.1 Å². The van der Waals surface area contributed by atoms with Gasteiger partial charge in [0.1, 0.15) is 17.3 Å². The molecule has 4 heteroatoms. The fraction of sp³-hybridized carbons (Fsp3) is 0.667. The lowest BCUT2D eigenvalue weighted by Crippen LogP contribution is -2.30. The van der Waals surface area contributed by atoms with E-state index in [1.54, 1.807) is 6.92 Å². The van der Waals surface area contributed by atoms with Gasteiger partial charge in [-0.3, -0.25) is 14.4 Å². The fourth-order valence-corrected chi connectivity index (χ4v) is 5.97. The predicted molar refractivity (Wildman–Crippen MR) is 138 cm³/mol. The van der Waals surface area contributed by atoms with Crippen LogP contribution in [0.2, 0.25) is 0 Å². The Hall–Kier alpha value is -2.10. The van der Waals surface area contributed by atoms with Crippen molar-refractivity contribution in [2.24, 2.45) is 17.8 Å². The molecule has 0 aliphatic heterocycles. The largest absolute Gasteiger partial charge is 0.300 e. The molecule has 1 aromatic rings. The van der Waals surface area contributed by atoms with Crippen molar-refractivity contribution < 1.29 is 19.2 Å². The summed E-state index contributed by atoms with van der Waals surface area (Å²) in [5.74, 6) is 0.970. The molecule has 0 amide bonds. The first-order chi connectivity index (χ1) is 16.0. The van der Waals surface area contributed by atoms with E-state index in [0.29, 0.717) is 25.2 Å². The summed E-state index contributed by atoms with van der Waals surface area (Å²) >= 11 is 0. The highest BCUT2D eigenvalue weighted by Crippen LogP contribution is 2.40. The Morgan fingerprint density at radius 3 is 2.26 bits per heavy atom. The molecule has 34 heavy (non-hydrogen) atoms. The van der Waals surface area contributed by atoms with Gasteiger partial charge in [0.2, 0.25) is 0 Å². The van der Waals surface area contributed by atoms with Crippen molar-refractivity contribution in [1.29, 1.82) is 0 Å². The Kier molecular flexibility index (Phi) is 10.4. The molecule has 3 unspecified atom stereocenters. The standard InChI is InChI=1S/C30H44O4/c1-8-10-24(25(9-2)28(33)13-20(6)32)14-22-15-27-26(18(3)4)17-23(12-11-19(5)31)21(7)30(27)29(34)16-22/h17-18,22,24-25H,8-16H2,1-7H3. The van der Waals surface area contributed by atoms with Crippen molar-refractivity contribution in [1.82, 2.24) is 0 Å². The molecule has 0 bridgehead atoms. The van der Waals surface area contributed by atoms with Gasteiger partial charge in [-0.05, 0) is 86.5 Å². The molecule has 0 saturated heterocycles. The number of hydrogen-bond donors (Lipinski definition) is 0. The lowest BCUT2D eigenvalue weighted by atomic mass is 9.70. The summed E-state index contributed by atoms with van der Waals surface area (Å²) in [6.45, 7) is 13.6. The quantitative estimate of drug-likeness (QED) is 0.300. The fourth-order valence-electron chi connectivity index (χ4n) is 5.97.